The zero-order chi connectivity index (χ0) is 12.3. The molecular formula is C13H22N2OS. The number of hydrogen-bond acceptors (Lipinski definition) is 4. The van der Waals surface area contributed by atoms with Crippen molar-refractivity contribution in [2.24, 2.45) is 5.92 Å². The van der Waals surface area contributed by atoms with Crippen molar-refractivity contribution in [3.8, 4) is 0 Å². The van der Waals surface area contributed by atoms with Crippen LogP contribution in [0, 0.1) is 5.92 Å². The molecule has 0 aromatic carbocycles. The standard InChI is InChI=1S/C13H22N2OS/c1-4-5-10-11(8-14-2)17-13(15-10)12(16-3)9-6-7-9/h9,12,14H,4-8H2,1-3H3. The Bertz CT molecular complexity index is 337. The Kier molecular flexibility index (Phi) is 4.54. The molecule has 3 nitrogen and oxygen atoms in total. The number of thiazole rings is 1. The van der Waals surface area contributed by atoms with Crippen molar-refractivity contribution in [3.63, 3.8) is 0 Å². The summed E-state index contributed by atoms with van der Waals surface area (Å²) in [4.78, 5) is 6.19. The van der Waals surface area contributed by atoms with Gasteiger partial charge in [-0.15, -0.1) is 11.3 Å². The van der Waals surface area contributed by atoms with E-state index in [2.05, 4.69) is 12.2 Å². The first-order valence-corrected chi connectivity index (χ1v) is 7.27. The minimum absolute atomic E-state index is 0.237. The van der Waals surface area contributed by atoms with E-state index in [1.807, 2.05) is 25.5 Å². The summed E-state index contributed by atoms with van der Waals surface area (Å²) in [5.74, 6) is 0.711. The summed E-state index contributed by atoms with van der Waals surface area (Å²) in [6.45, 7) is 3.13. The third-order valence-corrected chi connectivity index (χ3v) is 4.33. The Balaban J connectivity index is 2.18. The molecular weight excluding hydrogens is 232 g/mol. The van der Waals surface area contributed by atoms with Crippen LogP contribution >= 0.6 is 11.3 Å². The van der Waals surface area contributed by atoms with Crippen molar-refractivity contribution in [2.45, 2.75) is 45.3 Å². The van der Waals surface area contributed by atoms with Crippen LogP contribution in [0.15, 0.2) is 0 Å². The molecule has 96 valence electrons. The van der Waals surface area contributed by atoms with Gasteiger partial charge in [0.25, 0.3) is 0 Å². The number of aromatic nitrogens is 1. The van der Waals surface area contributed by atoms with E-state index in [0.717, 1.165) is 19.4 Å². The molecule has 1 aromatic rings. The van der Waals surface area contributed by atoms with E-state index in [1.54, 1.807) is 0 Å². The normalized spacial score (nSPS) is 17.4. The van der Waals surface area contributed by atoms with Gasteiger partial charge in [-0.3, -0.25) is 0 Å². The van der Waals surface area contributed by atoms with Crippen molar-refractivity contribution >= 4 is 11.3 Å². The topological polar surface area (TPSA) is 34.1 Å². The van der Waals surface area contributed by atoms with Crippen LogP contribution in [-0.2, 0) is 17.7 Å². The van der Waals surface area contributed by atoms with Gasteiger partial charge in [-0.1, -0.05) is 13.3 Å². The van der Waals surface area contributed by atoms with Gasteiger partial charge in [-0.25, -0.2) is 4.98 Å². The fourth-order valence-electron chi connectivity index (χ4n) is 2.15. The molecule has 1 aromatic heterocycles. The van der Waals surface area contributed by atoms with Gasteiger partial charge in [0.2, 0.25) is 0 Å². The fourth-order valence-corrected chi connectivity index (χ4v) is 3.44. The lowest BCUT2D eigenvalue weighted by Crippen LogP contribution is -2.05. The van der Waals surface area contributed by atoms with Gasteiger partial charge in [0.15, 0.2) is 0 Å². The summed E-state index contributed by atoms with van der Waals surface area (Å²) in [6.07, 6.45) is 5.06. The van der Waals surface area contributed by atoms with E-state index < -0.39 is 0 Å². The number of nitrogens with one attached hydrogen (secondary N) is 1. The first-order valence-electron chi connectivity index (χ1n) is 6.46. The van der Waals surface area contributed by atoms with Crippen LogP contribution in [0.1, 0.15) is 47.9 Å². The van der Waals surface area contributed by atoms with Gasteiger partial charge in [-0.05, 0) is 32.2 Å². The number of nitrogens with zero attached hydrogens (tertiary/aromatic N) is 1. The zero-order valence-electron chi connectivity index (χ0n) is 11.0. The fraction of sp³-hybridized carbons (Fsp3) is 0.769. The molecule has 0 spiro atoms. The van der Waals surface area contributed by atoms with E-state index in [9.17, 15) is 0 Å². The Morgan fingerprint density at radius 2 is 2.29 bits per heavy atom. The van der Waals surface area contributed by atoms with Crippen molar-refractivity contribution in [1.29, 1.82) is 0 Å². The van der Waals surface area contributed by atoms with Crippen LogP contribution in [0.2, 0.25) is 0 Å². The van der Waals surface area contributed by atoms with Crippen molar-refractivity contribution in [2.75, 3.05) is 14.2 Å². The number of ether oxygens (including phenoxy) is 1. The summed E-state index contributed by atoms with van der Waals surface area (Å²) in [6, 6.07) is 0. The molecule has 1 aliphatic rings. The molecule has 4 heteroatoms. The Hall–Kier alpha value is -0.450. The molecule has 1 unspecified atom stereocenters. The van der Waals surface area contributed by atoms with Crippen molar-refractivity contribution in [1.82, 2.24) is 10.3 Å². The minimum atomic E-state index is 0.237. The van der Waals surface area contributed by atoms with Crippen LogP contribution in [0.4, 0.5) is 0 Å². The monoisotopic (exact) mass is 254 g/mol. The number of methoxy groups -OCH3 is 1. The average molecular weight is 254 g/mol. The average Bonchev–Trinajstić information content (AvgIpc) is 3.06. The van der Waals surface area contributed by atoms with Gasteiger partial charge in [0.05, 0.1) is 5.69 Å². The van der Waals surface area contributed by atoms with Gasteiger partial charge in [0, 0.05) is 18.5 Å². The molecule has 1 atom stereocenters. The second kappa shape index (κ2) is 5.94. The number of aryl methyl sites for hydroxylation is 1. The quantitative estimate of drug-likeness (QED) is 0.812. The second-order valence-corrected chi connectivity index (χ2v) is 5.81. The Morgan fingerprint density at radius 3 is 2.82 bits per heavy atom. The van der Waals surface area contributed by atoms with Crippen LogP contribution in [-0.4, -0.2) is 19.1 Å². The Morgan fingerprint density at radius 1 is 1.53 bits per heavy atom. The summed E-state index contributed by atoms with van der Waals surface area (Å²) < 4.78 is 5.61. The van der Waals surface area contributed by atoms with Gasteiger partial charge < -0.3 is 10.1 Å². The molecule has 2 rings (SSSR count). The van der Waals surface area contributed by atoms with Crippen molar-refractivity contribution < 1.29 is 4.74 Å². The van der Waals surface area contributed by atoms with Crippen molar-refractivity contribution in [3.05, 3.63) is 15.6 Å². The summed E-state index contributed by atoms with van der Waals surface area (Å²) in [5, 5.41) is 4.41. The first kappa shape index (κ1) is 13.0. The molecule has 0 bridgehead atoms. The number of hydrogen-bond donors (Lipinski definition) is 1. The molecule has 17 heavy (non-hydrogen) atoms. The highest BCUT2D eigenvalue weighted by atomic mass is 32.1. The van der Waals surface area contributed by atoms with E-state index in [0.29, 0.717) is 5.92 Å². The summed E-state index contributed by atoms with van der Waals surface area (Å²) in [7, 11) is 3.80. The summed E-state index contributed by atoms with van der Waals surface area (Å²) in [5.41, 5.74) is 1.27. The molecule has 1 aliphatic carbocycles. The van der Waals surface area contributed by atoms with Crippen LogP contribution in [0.5, 0.6) is 0 Å². The van der Waals surface area contributed by atoms with E-state index >= 15 is 0 Å². The molecule has 0 radical (unpaired) electrons. The highest BCUT2D eigenvalue weighted by molar-refractivity contribution is 7.11. The highest BCUT2D eigenvalue weighted by Crippen LogP contribution is 2.44. The van der Waals surface area contributed by atoms with Crippen LogP contribution in [0.3, 0.4) is 0 Å². The molecule has 0 amide bonds. The van der Waals surface area contributed by atoms with E-state index in [4.69, 9.17) is 9.72 Å². The van der Waals surface area contributed by atoms with E-state index in [-0.39, 0.29) is 6.10 Å². The maximum absolute atomic E-state index is 5.61. The molecule has 0 aliphatic heterocycles. The Labute approximate surface area is 108 Å². The molecule has 1 saturated carbocycles. The van der Waals surface area contributed by atoms with Gasteiger partial charge in [-0.2, -0.15) is 0 Å². The minimum Gasteiger partial charge on any atom is -0.374 e. The third-order valence-electron chi connectivity index (χ3n) is 3.17. The lowest BCUT2D eigenvalue weighted by molar-refractivity contribution is 0.0842. The highest BCUT2D eigenvalue weighted by Gasteiger charge is 2.34. The molecule has 1 fully saturated rings. The van der Waals surface area contributed by atoms with Crippen LogP contribution in [0.25, 0.3) is 0 Å². The maximum Gasteiger partial charge on any atom is 0.122 e. The zero-order valence-corrected chi connectivity index (χ0v) is 11.8. The largest absolute Gasteiger partial charge is 0.374 e. The van der Waals surface area contributed by atoms with E-state index in [1.165, 1.54) is 28.4 Å². The first-order chi connectivity index (χ1) is 8.30. The third kappa shape index (κ3) is 3.06. The molecule has 1 N–H and O–H groups in total. The smallest absolute Gasteiger partial charge is 0.122 e. The SMILES string of the molecule is CCCc1nc(C(OC)C2CC2)sc1CNC. The van der Waals surface area contributed by atoms with Gasteiger partial charge in [0.1, 0.15) is 11.1 Å². The molecule has 1 heterocycles. The van der Waals surface area contributed by atoms with Crippen LogP contribution < -0.4 is 5.32 Å². The molecule has 0 saturated heterocycles. The summed E-state index contributed by atoms with van der Waals surface area (Å²) >= 11 is 1.83. The van der Waals surface area contributed by atoms with Gasteiger partial charge >= 0.3 is 0 Å². The lowest BCUT2D eigenvalue weighted by Gasteiger charge is -2.10. The second-order valence-electron chi connectivity index (χ2n) is 4.70. The lowest BCUT2D eigenvalue weighted by atomic mass is 10.2. The predicted octanol–water partition coefficient (Wildman–Crippen LogP) is 2.91. The predicted molar refractivity (Wildman–Crippen MR) is 71.3 cm³/mol. The number of rotatable bonds is 7. The maximum atomic E-state index is 5.61.